The number of rotatable bonds is 5. The van der Waals surface area contributed by atoms with Crippen molar-refractivity contribution in [2.24, 2.45) is 0 Å². The van der Waals surface area contributed by atoms with Crippen molar-refractivity contribution in [2.45, 2.75) is 19.0 Å². The van der Waals surface area contributed by atoms with Crippen LogP contribution in [0, 0.1) is 0 Å². The maximum atomic E-state index is 12.1. The Morgan fingerprint density at radius 1 is 1.21 bits per heavy atom. The van der Waals surface area contributed by atoms with E-state index in [2.05, 4.69) is 35.6 Å². The lowest BCUT2D eigenvalue weighted by atomic mass is 10.1. The van der Waals surface area contributed by atoms with Gasteiger partial charge in [-0.3, -0.25) is 9.69 Å². The Morgan fingerprint density at radius 2 is 1.96 bits per heavy atom. The molecule has 5 nitrogen and oxygen atoms in total. The summed E-state index contributed by atoms with van der Waals surface area (Å²) in [5.74, 6) is 0.109. The first kappa shape index (κ1) is 16.9. The minimum atomic E-state index is -2.97. The van der Waals surface area contributed by atoms with Gasteiger partial charge in [-0.2, -0.15) is 0 Å². The van der Waals surface area contributed by atoms with Crippen LogP contribution in [0.1, 0.15) is 12.0 Å². The maximum absolute atomic E-state index is 12.1. The Morgan fingerprint density at radius 3 is 2.67 bits per heavy atom. The van der Waals surface area contributed by atoms with Crippen LogP contribution >= 0.6 is 0 Å². The van der Waals surface area contributed by atoms with E-state index in [-0.39, 0.29) is 30.0 Å². The molecule has 3 rings (SSSR count). The molecule has 1 fully saturated rings. The van der Waals surface area contributed by atoms with Crippen molar-refractivity contribution < 1.29 is 13.2 Å². The van der Waals surface area contributed by atoms with Gasteiger partial charge in [0.1, 0.15) is 0 Å². The number of nitrogens with one attached hydrogen (secondary N) is 1. The molecule has 0 aromatic heterocycles. The zero-order valence-corrected chi connectivity index (χ0v) is 14.6. The van der Waals surface area contributed by atoms with Gasteiger partial charge in [0.05, 0.1) is 18.1 Å². The Balaban J connectivity index is 1.54. The van der Waals surface area contributed by atoms with E-state index in [0.29, 0.717) is 13.0 Å². The summed E-state index contributed by atoms with van der Waals surface area (Å²) in [6.07, 6.45) is 0.516. The van der Waals surface area contributed by atoms with Crippen LogP contribution in [0.4, 0.5) is 0 Å². The summed E-state index contributed by atoms with van der Waals surface area (Å²) >= 11 is 0. The molecule has 0 saturated carbocycles. The van der Waals surface area contributed by atoms with Crippen molar-refractivity contribution in [3.63, 3.8) is 0 Å². The molecule has 0 aliphatic carbocycles. The van der Waals surface area contributed by atoms with E-state index in [1.54, 1.807) is 0 Å². The molecule has 0 unspecified atom stereocenters. The first-order valence-corrected chi connectivity index (χ1v) is 9.89. The summed E-state index contributed by atoms with van der Waals surface area (Å²) in [7, 11) is -1.08. The Hall–Kier alpha value is -1.92. The maximum Gasteiger partial charge on any atom is 0.234 e. The van der Waals surface area contributed by atoms with Gasteiger partial charge in [0.15, 0.2) is 9.84 Å². The number of amides is 1. The van der Waals surface area contributed by atoms with E-state index in [1.165, 1.54) is 10.8 Å². The largest absolute Gasteiger partial charge is 0.351 e. The Bertz CT molecular complexity index is 848. The highest BCUT2D eigenvalue weighted by Crippen LogP contribution is 2.16. The number of benzene rings is 2. The fraction of sp³-hybridized carbons (Fsp3) is 0.389. The van der Waals surface area contributed by atoms with Gasteiger partial charge in [-0.25, -0.2) is 8.42 Å². The van der Waals surface area contributed by atoms with E-state index in [0.717, 1.165) is 5.56 Å². The smallest absolute Gasteiger partial charge is 0.234 e. The molecule has 1 aliphatic heterocycles. The summed E-state index contributed by atoms with van der Waals surface area (Å²) in [6, 6.07) is 14.2. The molecule has 24 heavy (non-hydrogen) atoms. The molecule has 1 saturated heterocycles. The van der Waals surface area contributed by atoms with Crippen LogP contribution in [0.2, 0.25) is 0 Å². The predicted octanol–water partition coefficient (Wildman–Crippen LogP) is 1.57. The van der Waals surface area contributed by atoms with E-state index in [9.17, 15) is 13.2 Å². The molecule has 6 heteroatoms. The Kier molecular flexibility index (Phi) is 4.87. The number of likely N-dealkylation sites (N-methyl/N-ethyl adjacent to an activating group) is 1. The molecule has 128 valence electrons. The third-order valence-corrected chi connectivity index (χ3v) is 6.05. The third kappa shape index (κ3) is 4.33. The van der Waals surface area contributed by atoms with Crippen molar-refractivity contribution in [1.82, 2.24) is 10.2 Å². The molecule has 1 atom stereocenters. The number of fused-ring (bicyclic) bond motifs is 1. The second-order valence-corrected chi connectivity index (χ2v) is 8.75. The molecule has 1 heterocycles. The molecular formula is C18H22N2O3S. The van der Waals surface area contributed by atoms with Gasteiger partial charge in [-0.15, -0.1) is 0 Å². The molecule has 2 aromatic carbocycles. The second-order valence-electron chi connectivity index (χ2n) is 6.52. The summed E-state index contributed by atoms with van der Waals surface area (Å²) < 4.78 is 22.9. The average molecular weight is 346 g/mol. The molecule has 2 aromatic rings. The number of hydrogen-bond donors (Lipinski definition) is 1. The van der Waals surface area contributed by atoms with Crippen LogP contribution in [0.25, 0.3) is 10.8 Å². The van der Waals surface area contributed by atoms with Crippen molar-refractivity contribution >= 4 is 26.5 Å². The fourth-order valence-corrected chi connectivity index (χ4v) is 4.81. The molecule has 1 amide bonds. The minimum absolute atomic E-state index is 0.0626. The molecule has 0 spiro atoms. The van der Waals surface area contributed by atoms with E-state index >= 15 is 0 Å². The van der Waals surface area contributed by atoms with Crippen LogP contribution in [-0.2, 0) is 21.2 Å². The molecule has 0 bridgehead atoms. The number of nitrogens with zero attached hydrogens (tertiary/aromatic N) is 1. The van der Waals surface area contributed by atoms with E-state index in [4.69, 9.17) is 0 Å². The first-order valence-electron chi connectivity index (χ1n) is 8.07. The zero-order valence-electron chi connectivity index (χ0n) is 13.7. The van der Waals surface area contributed by atoms with Crippen LogP contribution < -0.4 is 5.32 Å². The second kappa shape index (κ2) is 6.91. The fourth-order valence-electron chi connectivity index (χ4n) is 3.13. The number of sulfone groups is 1. The molecule has 1 N–H and O–H groups in total. The minimum Gasteiger partial charge on any atom is -0.351 e. The van der Waals surface area contributed by atoms with Crippen LogP contribution in [-0.4, -0.2) is 50.4 Å². The van der Waals surface area contributed by atoms with Crippen LogP contribution in [0.15, 0.2) is 42.5 Å². The van der Waals surface area contributed by atoms with Gasteiger partial charge in [0.2, 0.25) is 5.91 Å². The van der Waals surface area contributed by atoms with Crippen molar-refractivity contribution in [3.05, 3.63) is 48.0 Å². The number of hydrogen-bond acceptors (Lipinski definition) is 4. The SMILES string of the molecule is CN(CC(=O)N[C@@H]1CCS(=O)(=O)C1)Cc1ccc2ccccc2c1. The monoisotopic (exact) mass is 346 g/mol. The summed E-state index contributed by atoms with van der Waals surface area (Å²) in [4.78, 5) is 14.0. The third-order valence-electron chi connectivity index (χ3n) is 4.28. The molecular weight excluding hydrogens is 324 g/mol. The Labute approximate surface area is 142 Å². The topological polar surface area (TPSA) is 66.5 Å². The predicted molar refractivity (Wildman–Crippen MR) is 95.5 cm³/mol. The molecule has 1 aliphatic rings. The average Bonchev–Trinajstić information content (AvgIpc) is 2.85. The van der Waals surface area contributed by atoms with E-state index < -0.39 is 9.84 Å². The van der Waals surface area contributed by atoms with Gasteiger partial charge >= 0.3 is 0 Å². The van der Waals surface area contributed by atoms with Gasteiger partial charge in [0.25, 0.3) is 0 Å². The van der Waals surface area contributed by atoms with Crippen molar-refractivity contribution in [3.8, 4) is 0 Å². The highest BCUT2D eigenvalue weighted by molar-refractivity contribution is 7.91. The number of carbonyl (C=O) groups is 1. The quantitative estimate of drug-likeness (QED) is 0.893. The first-order chi connectivity index (χ1) is 11.4. The van der Waals surface area contributed by atoms with Crippen molar-refractivity contribution in [2.75, 3.05) is 25.1 Å². The summed E-state index contributed by atoms with van der Waals surface area (Å²) in [5, 5.41) is 5.20. The lowest BCUT2D eigenvalue weighted by molar-refractivity contribution is -0.122. The lowest BCUT2D eigenvalue weighted by Gasteiger charge is -2.18. The normalized spacial score (nSPS) is 19.7. The summed E-state index contributed by atoms with van der Waals surface area (Å²) in [5.41, 5.74) is 1.15. The van der Waals surface area contributed by atoms with Crippen molar-refractivity contribution in [1.29, 1.82) is 0 Å². The van der Waals surface area contributed by atoms with Gasteiger partial charge in [-0.1, -0.05) is 36.4 Å². The van der Waals surface area contributed by atoms with Crippen LogP contribution in [0.3, 0.4) is 0 Å². The highest BCUT2D eigenvalue weighted by atomic mass is 32.2. The summed E-state index contributed by atoms with van der Waals surface area (Å²) in [6.45, 7) is 0.921. The highest BCUT2D eigenvalue weighted by Gasteiger charge is 2.28. The number of carbonyl (C=O) groups excluding carboxylic acids is 1. The van der Waals surface area contributed by atoms with Gasteiger partial charge in [-0.05, 0) is 35.9 Å². The molecule has 0 radical (unpaired) electrons. The van der Waals surface area contributed by atoms with E-state index in [1.807, 2.05) is 24.1 Å². The van der Waals surface area contributed by atoms with Gasteiger partial charge < -0.3 is 5.32 Å². The van der Waals surface area contributed by atoms with Gasteiger partial charge in [0, 0.05) is 12.6 Å². The van der Waals surface area contributed by atoms with Crippen LogP contribution in [0.5, 0.6) is 0 Å². The zero-order chi connectivity index (χ0) is 17.2. The standard InChI is InChI=1S/C18H22N2O3S/c1-20(12-18(21)19-17-8-9-24(22,23)13-17)11-14-6-7-15-4-2-3-5-16(15)10-14/h2-7,10,17H,8-9,11-13H2,1H3,(H,19,21)/t17-/m1/s1. The lowest BCUT2D eigenvalue weighted by Crippen LogP contribution is -2.41.